The van der Waals surface area contributed by atoms with E-state index in [1.165, 1.54) is 0 Å². The third kappa shape index (κ3) is 0.855. The highest BCUT2D eigenvalue weighted by molar-refractivity contribution is 5.52. The number of rotatable bonds is 1. The highest BCUT2D eigenvalue weighted by atomic mass is 15.2. The van der Waals surface area contributed by atoms with Gasteiger partial charge in [0, 0.05) is 5.92 Å². The molecule has 1 aromatic rings. The quantitative estimate of drug-likeness (QED) is 0.616. The van der Waals surface area contributed by atoms with E-state index in [0.717, 1.165) is 18.5 Å². The lowest BCUT2D eigenvalue weighted by Crippen LogP contribution is -1.88. The zero-order valence-electron chi connectivity index (χ0n) is 5.96. The van der Waals surface area contributed by atoms with Gasteiger partial charge >= 0.3 is 0 Å². The number of hydrogen-bond acceptors (Lipinski definition) is 3. The van der Waals surface area contributed by atoms with Gasteiger partial charge in [-0.2, -0.15) is 10.4 Å². The van der Waals surface area contributed by atoms with Crippen LogP contribution >= 0.6 is 0 Å². The lowest BCUT2D eigenvalue weighted by atomic mass is 10.2. The second-order valence-electron chi connectivity index (χ2n) is 2.78. The zero-order chi connectivity index (χ0) is 7.84. The number of H-pyrrole nitrogens is 1. The number of nitrogens with one attached hydrogen (secondary N) is 1. The van der Waals surface area contributed by atoms with Crippen LogP contribution in [-0.2, 0) is 0 Å². The largest absolute Gasteiger partial charge is 0.383 e. The number of aromatic amines is 1. The summed E-state index contributed by atoms with van der Waals surface area (Å²) >= 11 is 0. The van der Waals surface area contributed by atoms with Gasteiger partial charge in [-0.05, 0) is 12.8 Å². The highest BCUT2D eigenvalue weighted by Gasteiger charge is 2.29. The minimum absolute atomic E-state index is 0.398. The summed E-state index contributed by atoms with van der Waals surface area (Å²) in [7, 11) is 0. The first kappa shape index (κ1) is 6.23. The molecule has 1 aromatic heterocycles. The highest BCUT2D eigenvalue weighted by Crippen LogP contribution is 2.41. The van der Waals surface area contributed by atoms with Gasteiger partial charge in [-0.15, -0.1) is 0 Å². The van der Waals surface area contributed by atoms with Gasteiger partial charge in [0.1, 0.15) is 17.5 Å². The first-order valence-corrected chi connectivity index (χ1v) is 3.56. The number of nitrogens with two attached hydrogens (primary N) is 1. The molecule has 56 valence electrons. The fourth-order valence-electron chi connectivity index (χ4n) is 1.14. The summed E-state index contributed by atoms with van der Waals surface area (Å²) in [6.45, 7) is 0. The molecule has 0 aromatic carbocycles. The molecule has 11 heavy (non-hydrogen) atoms. The molecule has 0 saturated heterocycles. The number of anilines is 1. The molecule has 4 nitrogen and oxygen atoms in total. The number of nitrogen functional groups attached to an aromatic ring is 1. The maximum Gasteiger partial charge on any atom is 0.137 e. The number of hydrogen-bond donors (Lipinski definition) is 2. The molecule has 1 saturated carbocycles. The van der Waals surface area contributed by atoms with Crippen LogP contribution in [0.1, 0.15) is 30.0 Å². The van der Waals surface area contributed by atoms with Crippen molar-refractivity contribution in [1.82, 2.24) is 10.2 Å². The van der Waals surface area contributed by atoms with Gasteiger partial charge < -0.3 is 5.73 Å². The Morgan fingerprint density at radius 3 is 2.91 bits per heavy atom. The van der Waals surface area contributed by atoms with Gasteiger partial charge in [-0.1, -0.05) is 0 Å². The number of nitriles is 1. The molecule has 1 heterocycles. The molecule has 0 aliphatic heterocycles. The van der Waals surface area contributed by atoms with Crippen molar-refractivity contribution >= 4 is 5.82 Å². The molecule has 1 aliphatic carbocycles. The Bertz CT molecular complexity index is 316. The van der Waals surface area contributed by atoms with E-state index < -0.39 is 0 Å². The van der Waals surface area contributed by atoms with Gasteiger partial charge in [-0.3, -0.25) is 5.10 Å². The molecule has 2 rings (SSSR count). The van der Waals surface area contributed by atoms with Crippen LogP contribution in [0.5, 0.6) is 0 Å². The SMILES string of the molecule is N#Cc1c(C2CC2)n[nH]c1N. The van der Waals surface area contributed by atoms with E-state index >= 15 is 0 Å². The van der Waals surface area contributed by atoms with E-state index in [4.69, 9.17) is 11.0 Å². The topological polar surface area (TPSA) is 78.5 Å². The Hall–Kier alpha value is -1.50. The van der Waals surface area contributed by atoms with Crippen LogP contribution in [0.25, 0.3) is 0 Å². The summed E-state index contributed by atoms with van der Waals surface area (Å²) in [6, 6.07) is 2.05. The molecule has 4 heteroatoms. The minimum atomic E-state index is 0.398. The summed E-state index contributed by atoms with van der Waals surface area (Å²) < 4.78 is 0. The standard InChI is InChI=1S/C7H8N4/c8-3-5-6(4-1-2-4)10-11-7(5)9/h4H,1-2H2,(H3,9,10,11). The van der Waals surface area contributed by atoms with Gasteiger partial charge in [-0.25, -0.2) is 0 Å². The smallest absolute Gasteiger partial charge is 0.137 e. The van der Waals surface area contributed by atoms with Crippen LogP contribution in [0.3, 0.4) is 0 Å². The van der Waals surface area contributed by atoms with Crippen molar-refractivity contribution < 1.29 is 0 Å². The van der Waals surface area contributed by atoms with Crippen molar-refractivity contribution in [1.29, 1.82) is 5.26 Å². The maximum atomic E-state index is 8.67. The van der Waals surface area contributed by atoms with Crippen LogP contribution in [-0.4, -0.2) is 10.2 Å². The lowest BCUT2D eigenvalue weighted by Gasteiger charge is -1.87. The molecular formula is C7H8N4. The van der Waals surface area contributed by atoms with Crippen LogP contribution in [0.2, 0.25) is 0 Å². The third-order valence-electron chi connectivity index (χ3n) is 1.90. The normalized spacial score (nSPS) is 16.3. The summed E-state index contributed by atoms with van der Waals surface area (Å²) in [5.41, 5.74) is 6.86. The third-order valence-corrected chi connectivity index (χ3v) is 1.90. The van der Waals surface area contributed by atoms with Gasteiger partial charge in [0.05, 0.1) is 5.69 Å². The number of aromatic nitrogens is 2. The Labute approximate surface area is 64.0 Å². The minimum Gasteiger partial charge on any atom is -0.383 e. The monoisotopic (exact) mass is 148 g/mol. The maximum absolute atomic E-state index is 8.67. The van der Waals surface area contributed by atoms with Gasteiger partial charge in [0.2, 0.25) is 0 Å². The zero-order valence-corrected chi connectivity index (χ0v) is 5.96. The van der Waals surface area contributed by atoms with Crippen molar-refractivity contribution in [2.45, 2.75) is 18.8 Å². The molecule has 0 bridgehead atoms. The van der Waals surface area contributed by atoms with E-state index in [9.17, 15) is 0 Å². The molecule has 0 unspecified atom stereocenters. The van der Waals surface area contributed by atoms with E-state index in [1.807, 2.05) is 6.07 Å². The van der Waals surface area contributed by atoms with Crippen LogP contribution in [0.4, 0.5) is 5.82 Å². The summed E-state index contributed by atoms with van der Waals surface area (Å²) in [5, 5.41) is 15.3. The molecule has 0 amide bonds. The fourth-order valence-corrected chi connectivity index (χ4v) is 1.14. The summed E-state index contributed by atoms with van der Waals surface area (Å²) in [6.07, 6.45) is 2.28. The van der Waals surface area contributed by atoms with Crippen molar-refractivity contribution in [2.24, 2.45) is 0 Å². The lowest BCUT2D eigenvalue weighted by molar-refractivity contribution is 0.965. The second-order valence-corrected chi connectivity index (χ2v) is 2.78. The molecule has 0 atom stereocenters. The van der Waals surface area contributed by atoms with Crippen LogP contribution < -0.4 is 5.73 Å². The van der Waals surface area contributed by atoms with E-state index in [0.29, 0.717) is 17.3 Å². The molecule has 0 spiro atoms. The fraction of sp³-hybridized carbons (Fsp3) is 0.429. The van der Waals surface area contributed by atoms with E-state index in [1.54, 1.807) is 0 Å². The predicted octanol–water partition coefficient (Wildman–Crippen LogP) is 0.741. The number of nitrogens with zero attached hydrogens (tertiary/aromatic N) is 2. The average Bonchev–Trinajstić information content (AvgIpc) is 2.76. The van der Waals surface area contributed by atoms with Crippen molar-refractivity contribution in [2.75, 3.05) is 5.73 Å². The first-order chi connectivity index (χ1) is 5.33. The second kappa shape index (κ2) is 1.99. The molecule has 1 fully saturated rings. The average molecular weight is 148 g/mol. The van der Waals surface area contributed by atoms with Crippen LogP contribution in [0.15, 0.2) is 0 Å². The molecule has 1 aliphatic rings. The Balaban J connectivity index is 2.47. The summed E-state index contributed by atoms with van der Waals surface area (Å²) in [4.78, 5) is 0. The van der Waals surface area contributed by atoms with Crippen molar-refractivity contribution in [3.05, 3.63) is 11.3 Å². The van der Waals surface area contributed by atoms with Crippen molar-refractivity contribution in [3.8, 4) is 6.07 Å². The van der Waals surface area contributed by atoms with Crippen LogP contribution in [0, 0.1) is 11.3 Å². The van der Waals surface area contributed by atoms with E-state index in [2.05, 4.69) is 10.2 Å². The van der Waals surface area contributed by atoms with Gasteiger partial charge in [0.15, 0.2) is 0 Å². The Kier molecular flexibility index (Phi) is 1.13. The van der Waals surface area contributed by atoms with Crippen molar-refractivity contribution in [3.63, 3.8) is 0 Å². The molecular weight excluding hydrogens is 140 g/mol. The molecule has 0 radical (unpaired) electrons. The Morgan fingerprint density at radius 1 is 1.64 bits per heavy atom. The summed E-state index contributed by atoms with van der Waals surface area (Å²) in [5.74, 6) is 0.882. The predicted molar refractivity (Wildman–Crippen MR) is 39.7 cm³/mol. The first-order valence-electron chi connectivity index (χ1n) is 3.56. The van der Waals surface area contributed by atoms with E-state index in [-0.39, 0.29) is 0 Å². The molecule has 3 N–H and O–H groups in total. The van der Waals surface area contributed by atoms with Gasteiger partial charge in [0.25, 0.3) is 0 Å². The Morgan fingerprint density at radius 2 is 2.36 bits per heavy atom.